The highest BCUT2D eigenvalue weighted by Gasteiger charge is 2.37. The van der Waals surface area contributed by atoms with Crippen LogP contribution in [-0.2, 0) is 6.18 Å². The minimum atomic E-state index is -4.43. The lowest BCUT2D eigenvalue weighted by atomic mass is 10.0. The molecule has 0 saturated carbocycles. The first-order valence-electron chi connectivity index (χ1n) is 11.5. The van der Waals surface area contributed by atoms with Gasteiger partial charge in [-0.05, 0) is 66.2 Å². The lowest BCUT2D eigenvalue weighted by Crippen LogP contribution is -2.31. The lowest BCUT2D eigenvalue weighted by molar-refractivity contribution is -0.137. The van der Waals surface area contributed by atoms with E-state index in [1.807, 2.05) is 34.1 Å². The molecule has 0 spiro atoms. The zero-order valence-electron chi connectivity index (χ0n) is 19.5. The molecule has 1 heterocycles. The van der Waals surface area contributed by atoms with Gasteiger partial charge < -0.3 is 25.0 Å². The average molecular weight is 518 g/mol. The average Bonchev–Trinajstić information content (AvgIpc) is 3.19. The van der Waals surface area contributed by atoms with Crippen LogP contribution in [0.25, 0.3) is 0 Å². The fraction of sp³-hybridized carbons (Fsp3) is 0.259. The number of hydrogen-bond donors (Lipinski definition) is 2. The largest absolute Gasteiger partial charge is 0.457 e. The van der Waals surface area contributed by atoms with Gasteiger partial charge in [0.2, 0.25) is 0 Å². The minimum absolute atomic E-state index is 0.0321. The number of halogens is 4. The smallest absolute Gasteiger partial charge is 0.416 e. The van der Waals surface area contributed by atoms with Gasteiger partial charge in [0.25, 0.3) is 0 Å². The van der Waals surface area contributed by atoms with Crippen LogP contribution in [0.5, 0.6) is 11.5 Å². The summed E-state index contributed by atoms with van der Waals surface area (Å²) in [5.41, 5.74) is 0.662. The van der Waals surface area contributed by atoms with Crippen molar-refractivity contribution in [1.82, 2.24) is 10.2 Å². The summed E-state index contributed by atoms with van der Waals surface area (Å²) < 4.78 is 46.1. The number of aliphatic hydroxyl groups is 1. The van der Waals surface area contributed by atoms with Gasteiger partial charge in [0, 0.05) is 36.9 Å². The van der Waals surface area contributed by atoms with Crippen molar-refractivity contribution in [2.24, 2.45) is 0 Å². The Morgan fingerprint density at radius 3 is 2.31 bits per heavy atom. The topological polar surface area (TPSA) is 48.0 Å². The number of ether oxygens (including phenoxy) is 1. The zero-order valence-corrected chi connectivity index (χ0v) is 20.3. The van der Waals surface area contributed by atoms with Crippen molar-refractivity contribution in [2.75, 3.05) is 37.7 Å². The molecule has 4 rings (SSSR count). The molecule has 2 N–H and O–H groups in total. The Morgan fingerprint density at radius 2 is 1.67 bits per heavy atom. The number of nitrogens with zero attached hydrogens (tertiary/aromatic N) is 2. The van der Waals surface area contributed by atoms with Crippen LogP contribution in [0.3, 0.4) is 0 Å². The summed E-state index contributed by atoms with van der Waals surface area (Å²) >= 11 is 5.93. The molecule has 1 saturated heterocycles. The van der Waals surface area contributed by atoms with Crippen LogP contribution in [0.4, 0.5) is 18.9 Å². The number of alkyl halides is 3. The first-order valence-corrected chi connectivity index (χ1v) is 11.9. The summed E-state index contributed by atoms with van der Waals surface area (Å²) in [6, 6.07) is 19.4. The van der Waals surface area contributed by atoms with Crippen LogP contribution in [0.15, 0.2) is 85.2 Å². The third kappa shape index (κ3) is 6.13. The molecule has 0 bridgehead atoms. The van der Waals surface area contributed by atoms with E-state index in [9.17, 15) is 13.2 Å². The van der Waals surface area contributed by atoms with E-state index in [0.29, 0.717) is 54.1 Å². The van der Waals surface area contributed by atoms with Crippen molar-refractivity contribution in [3.05, 3.63) is 101 Å². The summed E-state index contributed by atoms with van der Waals surface area (Å²) in [4.78, 5) is 3.99. The summed E-state index contributed by atoms with van der Waals surface area (Å²) in [6.45, 7) is 6.43. The molecule has 0 aliphatic carbocycles. The molecule has 3 aromatic rings. The Morgan fingerprint density at radius 1 is 1.00 bits per heavy atom. The van der Waals surface area contributed by atoms with Gasteiger partial charge >= 0.3 is 6.18 Å². The highest BCUT2D eigenvalue weighted by Crippen LogP contribution is 2.40. The number of rotatable bonds is 9. The van der Waals surface area contributed by atoms with E-state index >= 15 is 0 Å². The molecule has 3 aromatic carbocycles. The Bertz CT molecular complexity index is 1170. The first kappa shape index (κ1) is 25.9. The highest BCUT2D eigenvalue weighted by atomic mass is 35.5. The van der Waals surface area contributed by atoms with E-state index in [0.717, 1.165) is 11.8 Å². The number of aliphatic hydroxyl groups excluding tert-OH is 1. The molecule has 1 aliphatic heterocycles. The quantitative estimate of drug-likeness (QED) is 0.337. The molecule has 1 aliphatic rings. The second kappa shape index (κ2) is 11.2. The third-order valence-electron chi connectivity index (χ3n) is 5.96. The summed E-state index contributed by atoms with van der Waals surface area (Å²) in [5.74, 6) is 1.95. The first-order chi connectivity index (χ1) is 17.3. The predicted octanol–water partition coefficient (Wildman–Crippen LogP) is 6.07. The van der Waals surface area contributed by atoms with E-state index in [-0.39, 0.29) is 12.6 Å². The Kier molecular flexibility index (Phi) is 8.08. The fourth-order valence-electron chi connectivity index (χ4n) is 4.19. The lowest BCUT2D eigenvalue weighted by Gasteiger charge is -2.28. The maximum Gasteiger partial charge on any atom is 0.416 e. The highest BCUT2D eigenvalue weighted by molar-refractivity contribution is 6.30. The van der Waals surface area contributed by atoms with E-state index in [2.05, 4.69) is 11.9 Å². The van der Waals surface area contributed by atoms with Gasteiger partial charge in [0.15, 0.2) is 0 Å². The van der Waals surface area contributed by atoms with Crippen molar-refractivity contribution in [3.8, 4) is 11.5 Å². The Hall–Kier alpha value is -3.20. The molecule has 1 atom stereocenters. The number of benzene rings is 3. The Labute approximate surface area is 213 Å². The van der Waals surface area contributed by atoms with Gasteiger partial charge in [0.05, 0.1) is 18.2 Å². The molecule has 0 radical (unpaired) electrons. The van der Waals surface area contributed by atoms with Crippen molar-refractivity contribution >= 4 is 17.3 Å². The van der Waals surface area contributed by atoms with Crippen molar-refractivity contribution in [3.63, 3.8) is 0 Å². The minimum Gasteiger partial charge on any atom is -0.457 e. The van der Waals surface area contributed by atoms with Crippen LogP contribution in [0.1, 0.15) is 17.2 Å². The van der Waals surface area contributed by atoms with Gasteiger partial charge in [0.1, 0.15) is 17.3 Å². The molecule has 0 aromatic heterocycles. The van der Waals surface area contributed by atoms with E-state index in [1.165, 1.54) is 12.1 Å². The molecule has 1 fully saturated rings. The van der Waals surface area contributed by atoms with Gasteiger partial charge in [-0.3, -0.25) is 0 Å². The SMILES string of the molecule is C=C1N(CCNCCO)CC(c2cccc(C(F)(F)F)c2)N1c1ccc(Oc2ccc(Cl)cc2)cc1. The predicted molar refractivity (Wildman–Crippen MR) is 135 cm³/mol. The van der Waals surface area contributed by atoms with Gasteiger partial charge in [-0.1, -0.05) is 30.3 Å². The van der Waals surface area contributed by atoms with Crippen LogP contribution < -0.4 is 15.0 Å². The normalized spacial score (nSPS) is 16.0. The van der Waals surface area contributed by atoms with Crippen molar-refractivity contribution in [1.29, 1.82) is 0 Å². The second-order valence-corrected chi connectivity index (χ2v) is 8.83. The molecule has 1 unspecified atom stereocenters. The molecular formula is C27H27ClF3N3O2. The van der Waals surface area contributed by atoms with Gasteiger partial charge in [-0.15, -0.1) is 0 Å². The third-order valence-corrected chi connectivity index (χ3v) is 6.21. The van der Waals surface area contributed by atoms with Crippen LogP contribution in [-0.4, -0.2) is 42.8 Å². The monoisotopic (exact) mass is 517 g/mol. The summed E-state index contributed by atoms with van der Waals surface area (Å²) in [7, 11) is 0. The molecule has 190 valence electrons. The van der Waals surface area contributed by atoms with Crippen LogP contribution in [0.2, 0.25) is 5.02 Å². The standard InChI is InChI=1S/C27H27ClF3N3O2/c1-19-33(15-13-32-14-16-35)18-26(20-3-2-4-21(17-20)27(29,30)31)34(19)23-7-11-25(12-8-23)36-24-9-5-22(28)6-10-24/h2-12,17,26,32,35H,1,13-16,18H2. The number of nitrogens with one attached hydrogen (secondary N) is 1. The zero-order chi connectivity index (χ0) is 25.7. The maximum atomic E-state index is 13.4. The van der Waals surface area contributed by atoms with Crippen LogP contribution >= 0.6 is 11.6 Å². The molecular weight excluding hydrogens is 491 g/mol. The van der Waals surface area contributed by atoms with E-state index in [4.69, 9.17) is 21.4 Å². The van der Waals surface area contributed by atoms with E-state index in [1.54, 1.807) is 30.3 Å². The van der Waals surface area contributed by atoms with Gasteiger partial charge in [-0.25, -0.2) is 0 Å². The molecule has 0 amide bonds. The summed E-state index contributed by atoms with van der Waals surface area (Å²) in [5, 5.41) is 12.7. The maximum absolute atomic E-state index is 13.4. The van der Waals surface area contributed by atoms with Crippen molar-refractivity contribution in [2.45, 2.75) is 12.2 Å². The second-order valence-electron chi connectivity index (χ2n) is 8.39. The van der Waals surface area contributed by atoms with Crippen molar-refractivity contribution < 1.29 is 23.0 Å². The van der Waals surface area contributed by atoms with Gasteiger partial charge in [-0.2, -0.15) is 13.2 Å². The number of hydrogen-bond acceptors (Lipinski definition) is 5. The molecule has 9 heteroatoms. The summed E-state index contributed by atoms with van der Waals surface area (Å²) in [6.07, 6.45) is -4.43. The van der Waals surface area contributed by atoms with Crippen LogP contribution in [0, 0.1) is 0 Å². The fourth-order valence-corrected chi connectivity index (χ4v) is 4.31. The molecule has 5 nitrogen and oxygen atoms in total. The van der Waals surface area contributed by atoms with E-state index < -0.39 is 11.7 Å². The Balaban J connectivity index is 1.59. The molecule has 36 heavy (non-hydrogen) atoms. The number of anilines is 1.